The maximum absolute atomic E-state index is 13.4. The van der Waals surface area contributed by atoms with Gasteiger partial charge in [-0.3, -0.25) is 4.79 Å². The summed E-state index contributed by atoms with van der Waals surface area (Å²) in [6.07, 6.45) is 3.31. The van der Waals surface area contributed by atoms with Gasteiger partial charge in [-0.25, -0.2) is 4.79 Å². The molecule has 32 heavy (non-hydrogen) atoms. The van der Waals surface area contributed by atoms with Gasteiger partial charge in [-0.1, -0.05) is 18.9 Å². The van der Waals surface area contributed by atoms with E-state index in [4.69, 9.17) is 23.4 Å². The second-order valence-electron chi connectivity index (χ2n) is 8.18. The molecule has 2 aromatic carbocycles. The third kappa shape index (κ3) is 3.57. The first-order chi connectivity index (χ1) is 15.6. The van der Waals surface area contributed by atoms with Crippen molar-refractivity contribution >= 4 is 16.9 Å². The number of fused-ring (bicyclic) bond motifs is 2. The van der Waals surface area contributed by atoms with Crippen molar-refractivity contribution in [1.82, 2.24) is 0 Å². The van der Waals surface area contributed by atoms with Crippen LogP contribution in [0.5, 0.6) is 17.2 Å². The van der Waals surface area contributed by atoms with Crippen LogP contribution in [0.25, 0.3) is 11.0 Å². The van der Waals surface area contributed by atoms with Crippen molar-refractivity contribution < 1.29 is 28.2 Å². The number of rotatable bonds is 5. The molecule has 1 aliphatic carbocycles. The van der Waals surface area contributed by atoms with Crippen molar-refractivity contribution in [2.75, 3.05) is 20.3 Å². The molecular formula is C25H24O7. The van der Waals surface area contributed by atoms with Crippen molar-refractivity contribution in [1.29, 1.82) is 0 Å². The minimum Gasteiger partial charge on any atom is -0.497 e. The fraction of sp³-hybridized carbons (Fsp3) is 0.360. The van der Waals surface area contributed by atoms with E-state index >= 15 is 0 Å². The van der Waals surface area contributed by atoms with Crippen molar-refractivity contribution in [3.05, 3.63) is 64.0 Å². The highest BCUT2D eigenvalue weighted by Gasteiger charge is 2.44. The zero-order valence-electron chi connectivity index (χ0n) is 17.8. The molecule has 3 aromatic rings. The van der Waals surface area contributed by atoms with Gasteiger partial charge in [0.05, 0.1) is 12.5 Å². The summed E-state index contributed by atoms with van der Waals surface area (Å²) >= 11 is 0. The first-order valence-corrected chi connectivity index (χ1v) is 10.8. The molecule has 0 amide bonds. The minimum absolute atomic E-state index is 0.0143. The van der Waals surface area contributed by atoms with Gasteiger partial charge in [0, 0.05) is 23.1 Å². The van der Waals surface area contributed by atoms with Crippen molar-refractivity contribution in [2.45, 2.75) is 37.7 Å². The SMILES string of the molecule is COc1ccc2c(COC(=O)C3(c4ccc5c(c4)OCCO5)CCCC3)cc(=O)oc2c1. The van der Waals surface area contributed by atoms with Gasteiger partial charge >= 0.3 is 11.6 Å². The number of hydrogen-bond donors (Lipinski definition) is 0. The van der Waals surface area contributed by atoms with Crippen LogP contribution in [0, 0.1) is 0 Å². The van der Waals surface area contributed by atoms with Crippen molar-refractivity contribution in [3.63, 3.8) is 0 Å². The quantitative estimate of drug-likeness (QED) is 0.439. The molecule has 1 aliphatic heterocycles. The fourth-order valence-electron chi connectivity index (χ4n) is 4.67. The summed E-state index contributed by atoms with van der Waals surface area (Å²) in [4.78, 5) is 25.5. The van der Waals surface area contributed by atoms with E-state index in [9.17, 15) is 9.59 Å². The Bertz CT molecular complexity index is 1220. The monoisotopic (exact) mass is 436 g/mol. The Kier molecular flexibility index (Phi) is 5.25. The van der Waals surface area contributed by atoms with Gasteiger partial charge in [0.1, 0.15) is 31.2 Å². The molecule has 1 saturated carbocycles. The number of carbonyl (C=O) groups is 1. The lowest BCUT2D eigenvalue weighted by molar-refractivity contribution is -0.152. The van der Waals surface area contributed by atoms with Gasteiger partial charge in [0.2, 0.25) is 0 Å². The lowest BCUT2D eigenvalue weighted by atomic mass is 9.78. The Morgan fingerprint density at radius 2 is 1.78 bits per heavy atom. The molecule has 0 spiro atoms. The molecule has 166 valence electrons. The largest absolute Gasteiger partial charge is 0.497 e. The second-order valence-corrected chi connectivity index (χ2v) is 8.18. The number of carbonyl (C=O) groups excluding carboxylic acids is 1. The first-order valence-electron chi connectivity index (χ1n) is 10.8. The second kappa shape index (κ2) is 8.22. The molecule has 1 fully saturated rings. The summed E-state index contributed by atoms with van der Waals surface area (Å²) in [5, 5.41) is 0.706. The van der Waals surface area contributed by atoms with Crippen LogP contribution in [0.1, 0.15) is 36.8 Å². The molecule has 2 heterocycles. The summed E-state index contributed by atoms with van der Waals surface area (Å²) in [5.74, 6) is 1.65. The highest BCUT2D eigenvalue weighted by Crippen LogP contribution is 2.45. The molecule has 1 aromatic heterocycles. The standard InChI is InChI=1S/C25H24O7/c1-28-18-5-6-19-16(12-23(26)32-21(19)14-18)15-31-24(27)25(8-2-3-9-25)17-4-7-20-22(13-17)30-11-10-29-20/h4-7,12-14H,2-3,8-11,15H2,1H3. The number of ether oxygens (including phenoxy) is 4. The van der Waals surface area contributed by atoms with Gasteiger partial charge in [-0.05, 0) is 42.7 Å². The Labute approximate surface area is 184 Å². The van der Waals surface area contributed by atoms with Crippen LogP contribution in [-0.4, -0.2) is 26.3 Å². The molecule has 0 radical (unpaired) electrons. The first kappa shape index (κ1) is 20.4. The molecular weight excluding hydrogens is 412 g/mol. The predicted octanol–water partition coefficient (Wildman–Crippen LogP) is 4.13. The molecule has 0 N–H and O–H groups in total. The van der Waals surface area contributed by atoms with Crippen LogP contribution in [0.4, 0.5) is 0 Å². The van der Waals surface area contributed by atoms with E-state index in [0.717, 1.165) is 18.4 Å². The Balaban J connectivity index is 1.43. The number of benzene rings is 2. The Morgan fingerprint density at radius 3 is 2.56 bits per heavy atom. The number of methoxy groups -OCH3 is 1. The van der Waals surface area contributed by atoms with Gasteiger partial charge in [-0.2, -0.15) is 0 Å². The van der Waals surface area contributed by atoms with E-state index in [1.54, 1.807) is 25.3 Å². The van der Waals surface area contributed by atoms with Gasteiger partial charge in [-0.15, -0.1) is 0 Å². The van der Waals surface area contributed by atoms with E-state index in [0.29, 0.717) is 59.8 Å². The van der Waals surface area contributed by atoms with Crippen LogP contribution >= 0.6 is 0 Å². The van der Waals surface area contributed by atoms with Crippen LogP contribution in [0.3, 0.4) is 0 Å². The highest BCUT2D eigenvalue weighted by atomic mass is 16.6. The molecule has 0 saturated heterocycles. The average molecular weight is 436 g/mol. The number of esters is 1. The lowest BCUT2D eigenvalue weighted by Gasteiger charge is -2.29. The smallest absolute Gasteiger partial charge is 0.336 e. The zero-order valence-corrected chi connectivity index (χ0v) is 17.8. The Hall–Kier alpha value is -3.48. The molecule has 0 unspecified atom stereocenters. The van der Waals surface area contributed by atoms with Crippen LogP contribution in [-0.2, 0) is 21.6 Å². The molecule has 0 atom stereocenters. The van der Waals surface area contributed by atoms with Gasteiger partial charge < -0.3 is 23.4 Å². The van der Waals surface area contributed by atoms with Gasteiger partial charge in [0.25, 0.3) is 0 Å². The summed E-state index contributed by atoms with van der Waals surface area (Å²) in [6.45, 7) is 0.992. The summed E-state index contributed by atoms with van der Waals surface area (Å²) < 4.78 is 27.7. The fourth-order valence-corrected chi connectivity index (χ4v) is 4.67. The van der Waals surface area contributed by atoms with Gasteiger partial charge in [0.15, 0.2) is 11.5 Å². The summed E-state index contributed by atoms with van der Waals surface area (Å²) in [5.41, 5.74) is 0.646. The van der Waals surface area contributed by atoms with Crippen molar-refractivity contribution in [2.24, 2.45) is 0 Å². The summed E-state index contributed by atoms with van der Waals surface area (Å²) in [7, 11) is 1.55. The predicted molar refractivity (Wildman–Crippen MR) is 116 cm³/mol. The Morgan fingerprint density at radius 1 is 1.00 bits per heavy atom. The molecule has 0 bridgehead atoms. The van der Waals surface area contributed by atoms with E-state index < -0.39 is 11.0 Å². The third-order valence-corrected chi connectivity index (χ3v) is 6.34. The topological polar surface area (TPSA) is 84.2 Å². The summed E-state index contributed by atoms with van der Waals surface area (Å²) in [6, 6.07) is 12.3. The van der Waals surface area contributed by atoms with Crippen LogP contribution < -0.4 is 19.8 Å². The molecule has 7 nitrogen and oxygen atoms in total. The zero-order chi connectivity index (χ0) is 22.1. The van der Waals surface area contributed by atoms with E-state index in [1.807, 2.05) is 18.2 Å². The van der Waals surface area contributed by atoms with E-state index in [1.165, 1.54) is 6.07 Å². The number of hydrogen-bond acceptors (Lipinski definition) is 7. The normalized spacial score (nSPS) is 16.7. The third-order valence-electron chi connectivity index (χ3n) is 6.34. The van der Waals surface area contributed by atoms with Crippen LogP contribution in [0.2, 0.25) is 0 Å². The highest BCUT2D eigenvalue weighted by molar-refractivity contribution is 5.85. The maximum atomic E-state index is 13.4. The lowest BCUT2D eigenvalue weighted by Crippen LogP contribution is -2.35. The molecule has 2 aliphatic rings. The van der Waals surface area contributed by atoms with Crippen LogP contribution in [0.15, 0.2) is 51.7 Å². The van der Waals surface area contributed by atoms with Crippen molar-refractivity contribution in [3.8, 4) is 17.2 Å². The molecule has 7 heteroatoms. The van der Waals surface area contributed by atoms with E-state index in [2.05, 4.69) is 0 Å². The van der Waals surface area contributed by atoms with E-state index in [-0.39, 0.29) is 12.6 Å². The minimum atomic E-state index is -0.728. The maximum Gasteiger partial charge on any atom is 0.336 e. The molecule has 5 rings (SSSR count). The average Bonchev–Trinajstić information content (AvgIpc) is 3.33.